The molecule has 0 aromatic carbocycles. The van der Waals surface area contributed by atoms with Gasteiger partial charge in [-0.3, -0.25) is 9.59 Å². The van der Waals surface area contributed by atoms with Crippen molar-refractivity contribution in [1.82, 2.24) is 10.6 Å². The average molecular weight is 242 g/mol. The van der Waals surface area contributed by atoms with E-state index in [0.717, 1.165) is 32.2 Å². The van der Waals surface area contributed by atoms with Gasteiger partial charge in [0.1, 0.15) is 0 Å². The van der Waals surface area contributed by atoms with E-state index in [9.17, 15) is 9.59 Å². The maximum Gasteiger partial charge on any atom is 0.220 e. The van der Waals surface area contributed by atoms with Crippen LogP contribution < -0.4 is 10.6 Å². The van der Waals surface area contributed by atoms with Crippen molar-refractivity contribution in [3.63, 3.8) is 0 Å². The van der Waals surface area contributed by atoms with Crippen molar-refractivity contribution < 1.29 is 9.59 Å². The van der Waals surface area contributed by atoms with Crippen LogP contribution in [0.1, 0.15) is 58.8 Å². The van der Waals surface area contributed by atoms with Crippen molar-refractivity contribution in [3.05, 3.63) is 0 Å². The molecule has 0 aliphatic carbocycles. The quantitative estimate of drug-likeness (QED) is 0.576. The van der Waals surface area contributed by atoms with E-state index < -0.39 is 0 Å². The first-order valence-electron chi connectivity index (χ1n) is 6.74. The standard InChI is InChI=1S/C13H26N2O2/c1-3-5-6-10-14-13(17)9-7-11-15-12(16)8-4-2/h3-11H2,1-2H3,(H,14,17)(H,15,16). The maximum atomic E-state index is 11.4. The highest BCUT2D eigenvalue weighted by atomic mass is 16.2. The Morgan fingerprint density at radius 3 is 1.94 bits per heavy atom. The molecular formula is C13H26N2O2. The van der Waals surface area contributed by atoms with Crippen LogP contribution in [0.3, 0.4) is 0 Å². The van der Waals surface area contributed by atoms with E-state index in [-0.39, 0.29) is 11.8 Å². The SMILES string of the molecule is CCCCCNC(=O)CCCNC(=O)CCC. The van der Waals surface area contributed by atoms with Crippen molar-refractivity contribution >= 4 is 11.8 Å². The molecule has 0 aliphatic rings. The minimum atomic E-state index is 0.0795. The second-order valence-corrected chi connectivity index (χ2v) is 4.26. The van der Waals surface area contributed by atoms with Gasteiger partial charge in [-0.2, -0.15) is 0 Å². The first kappa shape index (κ1) is 15.9. The third-order valence-electron chi connectivity index (χ3n) is 2.48. The molecule has 0 saturated carbocycles. The summed E-state index contributed by atoms with van der Waals surface area (Å²) in [7, 11) is 0. The molecule has 0 spiro atoms. The normalized spacial score (nSPS) is 10.0. The molecule has 0 rings (SSSR count). The number of carbonyl (C=O) groups excluding carboxylic acids is 2. The average Bonchev–Trinajstić information content (AvgIpc) is 2.31. The van der Waals surface area contributed by atoms with E-state index in [1.165, 1.54) is 6.42 Å². The van der Waals surface area contributed by atoms with Crippen LogP contribution >= 0.6 is 0 Å². The molecule has 0 saturated heterocycles. The third kappa shape index (κ3) is 11.2. The van der Waals surface area contributed by atoms with Gasteiger partial charge in [0.2, 0.25) is 11.8 Å². The molecule has 4 heteroatoms. The molecule has 0 aliphatic heterocycles. The van der Waals surface area contributed by atoms with Crippen LogP contribution in [0.5, 0.6) is 0 Å². The van der Waals surface area contributed by atoms with Crippen LogP contribution in [-0.2, 0) is 9.59 Å². The molecule has 0 aromatic rings. The second-order valence-electron chi connectivity index (χ2n) is 4.26. The summed E-state index contributed by atoms with van der Waals surface area (Å²) >= 11 is 0. The van der Waals surface area contributed by atoms with E-state index in [1.54, 1.807) is 0 Å². The van der Waals surface area contributed by atoms with E-state index in [4.69, 9.17) is 0 Å². The number of rotatable bonds is 10. The Kier molecular flexibility index (Phi) is 10.7. The Labute approximate surface area is 105 Å². The number of carbonyl (C=O) groups is 2. The van der Waals surface area contributed by atoms with Crippen LogP contribution in [0.2, 0.25) is 0 Å². The van der Waals surface area contributed by atoms with E-state index in [1.807, 2.05) is 6.92 Å². The number of hydrogen-bond acceptors (Lipinski definition) is 2. The summed E-state index contributed by atoms with van der Waals surface area (Å²) in [5.74, 6) is 0.168. The van der Waals surface area contributed by atoms with Gasteiger partial charge in [0.05, 0.1) is 0 Å². The highest BCUT2D eigenvalue weighted by molar-refractivity contribution is 5.76. The summed E-state index contributed by atoms with van der Waals surface area (Å²) < 4.78 is 0. The zero-order valence-corrected chi connectivity index (χ0v) is 11.2. The molecule has 0 radical (unpaired) electrons. The van der Waals surface area contributed by atoms with Crippen molar-refractivity contribution in [2.75, 3.05) is 13.1 Å². The summed E-state index contributed by atoms with van der Waals surface area (Å²) in [4.78, 5) is 22.5. The molecule has 0 unspecified atom stereocenters. The zero-order chi connectivity index (χ0) is 12.9. The highest BCUT2D eigenvalue weighted by Crippen LogP contribution is 1.93. The maximum absolute atomic E-state index is 11.4. The fraction of sp³-hybridized carbons (Fsp3) is 0.846. The lowest BCUT2D eigenvalue weighted by molar-refractivity contribution is -0.123. The van der Waals surface area contributed by atoms with E-state index in [2.05, 4.69) is 17.6 Å². The van der Waals surface area contributed by atoms with E-state index >= 15 is 0 Å². The Balaban J connectivity index is 3.30. The third-order valence-corrected chi connectivity index (χ3v) is 2.48. The van der Waals surface area contributed by atoms with Crippen LogP contribution in [0.15, 0.2) is 0 Å². The lowest BCUT2D eigenvalue weighted by atomic mass is 10.2. The smallest absolute Gasteiger partial charge is 0.220 e. The lowest BCUT2D eigenvalue weighted by Crippen LogP contribution is -2.27. The largest absolute Gasteiger partial charge is 0.356 e. The van der Waals surface area contributed by atoms with E-state index in [0.29, 0.717) is 19.4 Å². The van der Waals surface area contributed by atoms with Crippen molar-refractivity contribution in [2.24, 2.45) is 0 Å². The minimum Gasteiger partial charge on any atom is -0.356 e. The Morgan fingerprint density at radius 2 is 1.35 bits per heavy atom. The molecule has 0 aromatic heterocycles. The van der Waals surface area contributed by atoms with Crippen molar-refractivity contribution in [3.8, 4) is 0 Å². The molecule has 0 bridgehead atoms. The van der Waals surface area contributed by atoms with Crippen LogP contribution in [-0.4, -0.2) is 24.9 Å². The summed E-state index contributed by atoms with van der Waals surface area (Å²) in [6, 6.07) is 0. The van der Waals surface area contributed by atoms with Crippen LogP contribution in [0, 0.1) is 0 Å². The predicted octanol–water partition coefficient (Wildman–Crippen LogP) is 1.99. The van der Waals surface area contributed by atoms with Gasteiger partial charge in [-0.1, -0.05) is 26.7 Å². The number of hydrogen-bond donors (Lipinski definition) is 2. The summed E-state index contributed by atoms with van der Waals surface area (Å²) in [5, 5.41) is 5.68. The van der Waals surface area contributed by atoms with Crippen LogP contribution in [0.4, 0.5) is 0 Å². The summed E-state index contributed by atoms with van der Waals surface area (Å²) in [6.07, 6.45) is 6.03. The number of unbranched alkanes of at least 4 members (excludes halogenated alkanes) is 2. The Morgan fingerprint density at radius 1 is 0.765 bits per heavy atom. The molecule has 0 heterocycles. The molecule has 100 valence electrons. The topological polar surface area (TPSA) is 58.2 Å². The van der Waals surface area contributed by atoms with Gasteiger partial charge in [-0.25, -0.2) is 0 Å². The summed E-state index contributed by atoms with van der Waals surface area (Å²) in [5.41, 5.74) is 0. The molecule has 4 nitrogen and oxygen atoms in total. The molecule has 2 N–H and O–H groups in total. The van der Waals surface area contributed by atoms with Gasteiger partial charge in [-0.05, 0) is 19.3 Å². The zero-order valence-electron chi connectivity index (χ0n) is 11.2. The lowest BCUT2D eigenvalue weighted by Gasteiger charge is -2.05. The Bertz CT molecular complexity index is 217. The monoisotopic (exact) mass is 242 g/mol. The first-order chi connectivity index (χ1) is 8.20. The second kappa shape index (κ2) is 11.4. The first-order valence-corrected chi connectivity index (χ1v) is 6.74. The molecule has 0 fully saturated rings. The molecular weight excluding hydrogens is 216 g/mol. The van der Waals surface area contributed by atoms with Gasteiger partial charge in [0.25, 0.3) is 0 Å². The minimum absolute atomic E-state index is 0.0795. The predicted molar refractivity (Wildman–Crippen MR) is 69.7 cm³/mol. The molecule has 0 atom stereocenters. The molecule has 2 amide bonds. The fourth-order valence-electron chi connectivity index (χ4n) is 1.48. The fourth-order valence-corrected chi connectivity index (χ4v) is 1.48. The summed E-state index contributed by atoms with van der Waals surface area (Å²) in [6.45, 7) is 5.49. The van der Waals surface area contributed by atoms with Crippen molar-refractivity contribution in [1.29, 1.82) is 0 Å². The molecule has 17 heavy (non-hydrogen) atoms. The highest BCUT2D eigenvalue weighted by Gasteiger charge is 2.01. The van der Waals surface area contributed by atoms with Crippen LogP contribution in [0.25, 0.3) is 0 Å². The van der Waals surface area contributed by atoms with Gasteiger partial charge >= 0.3 is 0 Å². The van der Waals surface area contributed by atoms with Gasteiger partial charge in [-0.15, -0.1) is 0 Å². The number of amides is 2. The van der Waals surface area contributed by atoms with Gasteiger partial charge in [0, 0.05) is 25.9 Å². The van der Waals surface area contributed by atoms with Crippen molar-refractivity contribution in [2.45, 2.75) is 58.8 Å². The number of nitrogens with one attached hydrogen (secondary N) is 2. The van der Waals surface area contributed by atoms with Gasteiger partial charge < -0.3 is 10.6 Å². The van der Waals surface area contributed by atoms with Gasteiger partial charge in [0.15, 0.2) is 0 Å². The Hall–Kier alpha value is -1.06.